The van der Waals surface area contributed by atoms with Gasteiger partial charge >= 0.3 is 0 Å². The summed E-state index contributed by atoms with van der Waals surface area (Å²) in [5, 5.41) is 5.75. The number of aromatic nitrogens is 1. The molecular formula is C14H18N2S. The molecule has 1 N–H and O–H groups in total. The maximum Gasteiger partial charge on any atom is 0.0417 e. The maximum atomic E-state index is 4.13. The molecule has 2 nitrogen and oxygen atoms in total. The molecule has 1 atom stereocenters. The second-order valence-electron chi connectivity index (χ2n) is 4.10. The van der Waals surface area contributed by atoms with Gasteiger partial charge in [0.15, 0.2) is 0 Å². The molecule has 0 saturated heterocycles. The number of nitrogens with one attached hydrogen (secondary N) is 1. The van der Waals surface area contributed by atoms with Gasteiger partial charge in [0.2, 0.25) is 0 Å². The van der Waals surface area contributed by atoms with Crippen molar-refractivity contribution in [2.75, 3.05) is 0 Å². The molecule has 3 heteroatoms. The van der Waals surface area contributed by atoms with Crippen molar-refractivity contribution < 1.29 is 0 Å². The highest BCUT2D eigenvalue weighted by atomic mass is 32.1. The molecule has 0 bridgehead atoms. The van der Waals surface area contributed by atoms with E-state index in [0.717, 1.165) is 6.54 Å². The first-order valence-corrected chi connectivity index (χ1v) is 6.94. The first kappa shape index (κ1) is 12.3. The Kier molecular flexibility index (Phi) is 4.71. The Labute approximate surface area is 107 Å². The third-order valence-electron chi connectivity index (χ3n) is 2.74. The van der Waals surface area contributed by atoms with E-state index in [-0.39, 0.29) is 0 Å². The highest BCUT2D eigenvalue weighted by Gasteiger charge is 2.10. The third kappa shape index (κ3) is 3.65. The minimum atomic E-state index is 0.472. The highest BCUT2D eigenvalue weighted by molar-refractivity contribution is 7.10. The molecule has 0 aliphatic heterocycles. The van der Waals surface area contributed by atoms with Gasteiger partial charge in [-0.15, -0.1) is 11.3 Å². The summed E-state index contributed by atoms with van der Waals surface area (Å²) in [6, 6.07) is 8.89. The molecule has 0 radical (unpaired) electrons. The molecule has 0 aliphatic carbocycles. The molecule has 0 aliphatic rings. The van der Waals surface area contributed by atoms with Gasteiger partial charge in [0.25, 0.3) is 0 Å². The van der Waals surface area contributed by atoms with Gasteiger partial charge in [0.1, 0.15) is 0 Å². The van der Waals surface area contributed by atoms with E-state index < -0.39 is 0 Å². The van der Waals surface area contributed by atoms with Gasteiger partial charge in [0.05, 0.1) is 0 Å². The zero-order valence-corrected chi connectivity index (χ0v) is 10.9. The zero-order chi connectivity index (χ0) is 11.9. The Balaban J connectivity index is 1.95. The van der Waals surface area contributed by atoms with Crippen molar-refractivity contribution in [1.29, 1.82) is 0 Å². The largest absolute Gasteiger partial charge is 0.305 e. The summed E-state index contributed by atoms with van der Waals surface area (Å²) in [5.41, 5.74) is 1.24. The Morgan fingerprint density at radius 3 is 2.94 bits per heavy atom. The molecule has 90 valence electrons. The summed E-state index contributed by atoms with van der Waals surface area (Å²) >= 11 is 1.83. The number of pyridine rings is 1. The quantitative estimate of drug-likeness (QED) is 0.839. The van der Waals surface area contributed by atoms with Gasteiger partial charge in [-0.3, -0.25) is 4.98 Å². The van der Waals surface area contributed by atoms with Crippen molar-refractivity contribution in [1.82, 2.24) is 10.3 Å². The SMILES string of the molecule is CCCC(NCc1cccnc1)c1cccs1. The summed E-state index contributed by atoms with van der Waals surface area (Å²) < 4.78 is 0. The van der Waals surface area contributed by atoms with Crippen molar-refractivity contribution in [2.45, 2.75) is 32.4 Å². The summed E-state index contributed by atoms with van der Waals surface area (Å²) in [5.74, 6) is 0. The second kappa shape index (κ2) is 6.52. The molecule has 17 heavy (non-hydrogen) atoms. The smallest absolute Gasteiger partial charge is 0.0417 e. The van der Waals surface area contributed by atoms with Crippen LogP contribution in [0.15, 0.2) is 42.0 Å². The monoisotopic (exact) mass is 246 g/mol. The number of hydrogen-bond donors (Lipinski definition) is 1. The minimum Gasteiger partial charge on any atom is -0.305 e. The molecule has 1 unspecified atom stereocenters. The van der Waals surface area contributed by atoms with E-state index in [1.807, 2.05) is 29.8 Å². The Hall–Kier alpha value is -1.19. The Morgan fingerprint density at radius 2 is 2.29 bits per heavy atom. The molecule has 2 aromatic heterocycles. The van der Waals surface area contributed by atoms with E-state index in [9.17, 15) is 0 Å². The van der Waals surface area contributed by atoms with Crippen LogP contribution in [0.5, 0.6) is 0 Å². The minimum absolute atomic E-state index is 0.472. The van der Waals surface area contributed by atoms with E-state index in [0.29, 0.717) is 6.04 Å². The number of hydrogen-bond acceptors (Lipinski definition) is 3. The maximum absolute atomic E-state index is 4.13. The van der Waals surface area contributed by atoms with Crippen LogP contribution in [-0.4, -0.2) is 4.98 Å². The predicted octanol–water partition coefficient (Wildman–Crippen LogP) is 3.77. The third-order valence-corrected chi connectivity index (χ3v) is 3.73. The van der Waals surface area contributed by atoms with Crippen molar-refractivity contribution in [2.24, 2.45) is 0 Å². The van der Waals surface area contributed by atoms with Gasteiger partial charge in [0, 0.05) is 29.9 Å². The van der Waals surface area contributed by atoms with E-state index in [1.54, 1.807) is 0 Å². The topological polar surface area (TPSA) is 24.9 Å². The van der Waals surface area contributed by atoms with E-state index >= 15 is 0 Å². The average Bonchev–Trinajstić information content (AvgIpc) is 2.89. The lowest BCUT2D eigenvalue weighted by Gasteiger charge is -2.16. The van der Waals surface area contributed by atoms with E-state index in [1.165, 1.54) is 23.3 Å². The summed E-state index contributed by atoms with van der Waals surface area (Å²) in [6.07, 6.45) is 6.11. The fraction of sp³-hybridized carbons (Fsp3) is 0.357. The van der Waals surface area contributed by atoms with Crippen LogP contribution >= 0.6 is 11.3 Å². The van der Waals surface area contributed by atoms with Crippen LogP contribution in [-0.2, 0) is 6.54 Å². The molecule has 0 fully saturated rings. The lowest BCUT2D eigenvalue weighted by Crippen LogP contribution is -2.20. The van der Waals surface area contributed by atoms with Crippen LogP contribution in [0.2, 0.25) is 0 Å². The molecule has 2 heterocycles. The second-order valence-corrected chi connectivity index (χ2v) is 5.08. The number of rotatable bonds is 6. The summed E-state index contributed by atoms with van der Waals surface area (Å²) in [7, 11) is 0. The van der Waals surface area contributed by atoms with Crippen LogP contribution in [0.3, 0.4) is 0 Å². The number of nitrogens with zero attached hydrogens (tertiary/aromatic N) is 1. The fourth-order valence-electron chi connectivity index (χ4n) is 1.87. The van der Waals surface area contributed by atoms with Gasteiger partial charge in [-0.1, -0.05) is 25.5 Å². The zero-order valence-electron chi connectivity index (χ0n) is 10.1. The first-order chi connectivity index (χ1) is 8.40. The average molecular weight is 246 g/mol. The normalized spacial score (nSPS) is 12.5. The van der Waals surface area contributed by atoms with Gasteiger partial charge in [-0.25, -0.2) is 0 Å². The van der Waals surface area contributed by atoms with E-state index in [4.69, 9.17) is 0 Å². The van der Waals surface area contributed by atoms with E-state index in [2.05, 4.69) is 40.8 Å². The first-order valence-electron chi connectivity index (χ1n) is 6.06. The van der Waals surface area contributed by atoms with Crippen LogP contribution in [0.25, 0.3) is 0 Å². The fourth-order valence-corrected chi connectivity index (χ4v) is 2.70. The van der Waals surface area contributed by atoms with Crippen molar-refractivity contribution in [3.8, 4) is 0 Å². The molecule has 2 aromatic rings. The molecule has 0 spiro atoms. The molecule has 0 aromatic carbocycles. The van der Waals surface area contributed by atoms with Gasteiger partial charge in [-0.05, 0) is 29.5 Å². The molecule has 0 amide bonds. The lowest BCUT2D eigenvalue weighted by atomic mass is 10.1. The van der Waals surface area contributed by atoms with Crippen LogP contribution in [0.4, 0.5) is 0 Å². The highest BCUT2D eigenvalue weighted by Crippen LogP contribution is 2.23. The summed E-state index contributed by atoms with van der Waals surface area (Å²) in [6.45, 7) is 3.11. The van der Waals surface area contributed by atoms with Crippen LogP contribution < -0.4 is 5.32 Å². The number of thiophene rings is 1. The molecule has 0 saturated carbocycles. The van der Waals surface area contributed by atoms with Crippen molar-refractivity contribution >= 4 is 11.3 Å². The van der Waals surface area contributed by atoms with Crippen molar-refractivity contribution in [3.63, 3.8) is 0 Å². The summed E-state index contributed by atoms with van der Waals surface area (Å²) in [4.78, 5) is 5.56. The lowest BCUT2D eigenvalue weighted by molar-refractivity contribution is 0.500. The van der Waals surface area contributed by atoms with Crippen LogP contribution in [0.1, 0.15) is 36.2 Å². The standard InChI is InChI=1S/C14H18N2S/c1-2-5-13(14-7-4-9-17-14)16-11-12-6-3-8-15-10-12/h3-4,6-10,13,16H,2,5,11H2,1H3. The Bertz CT molecular complexity index is 411. The van der Waals surface area contributed by atoms with Crippen molar-refractivity contribution in [3.05, 3.63) is 52.5 Å². The Morgan fingerprint density at radius 1 is 1.35 bits per heavy atom. The molecule has 2 rings (SSSR count). The van der Waals surface area contributed by atoms with Gasteiger partial charge in [-0.2, -0.15) is 0 Å². The molecular weight excluding hydrogens is 228 g/mol. The predicted molar refractivity (Wildman–Crippen MR) is 73.0 cm³/mol. The van der Waals surface area contributed by atoms with Crippen LogP contribution in [0, 0.1) is 0 Å². The van der Waals surface area contributed by atoms with Gasteiger partial charge < -0.3 is 5.32 Å².